The molecule has 0 fully saturated rings. The summed E-state index contributed by atoms with van der Waals surface area (Å²) in [6.45, 7) is 2.89. The molecule has 2 rings (SSSR count). The molecule has 2 atom stereocenters. The Morgan fingerprint density at radius 1 is 1.10 bits per heavy atom. The number of halogens is 3. The van der Waals surface area contributed by atoms with Crippen molar-refractivity contribution in [1.29, 1.82) is 0 Å². The highest BCUT2D eigenvalue weighted by Crippen LogP contribution is 2.36. The molecule has 4 heteroatoms. The van der Waals surface area contributed by atoms with Crippen molar-refractivity contribution in [2.75, 3.05) is 6.54 Å². The van der Waals surface area contributed by atoms with Gasteiger partial charge in [-0.25, -0.2) is 0 Å². The van der Waals surface area contributed by atoms with Crippen LogP contribution in [0.25, 0.3) is 0 Å². The number of hydrogen-bond donors (Lipinski definition) is 1. The quantitative estimate of drug-likeness (QED) is 0.755. The zero-order chi connectivity index (χ0) is 14.6. The van der Waals surface area contributed by atoms with Gasteiger partial charge in [-0.1, -0.05) is 31.2 Å². The molecule has 1 N–H and O–H groups in total. The van der Waals surface area contributed by atoms with Gasteiger partial charge >= 0.3 is 6.18 Å². The van der Waals surface area contributed by atoms with E-state index >= 15 is 0 Å². The Morgan fingerprint density at radius 2 is 1.80 bits per heavy atom. The Kier molecular flexibility index (Phi) is 5.08. The van der Waals surface area contributed by atoms with Crippen molar-refractivity contribution < 1.29 is 13.2 Å². The molecule has 112 valence electrons. The predicted octanol–water partition coefficient (Wildman–Crippen LogP) is 4.95. The fraction of sp³-hybridized carbons (Fsp3) is 0.625. The van der Waals surface area contributed by atoms with Crippen LogP contribution in [-0.2, 0) is 0 Å². The molecule has 1 nitrogen and oxygen atoms in total. The van der Waals surface area contributed by atoms with E-state index in [1.54, 1.807) is 0 Å². The number of nitrogens with one attached hydrogen (secondary N) is 1. The van der Waals surface area contributed by atoms with Gasteiger partial charge in [-0.05, 0) is 49.3 Å². The molecule has 1 aromatic carbocycles. The van der Waals surface area contributed by atoms with Gasteiger partial charge in [0.1, 0.15) is 0 Å². The molecule has 0 radical (unpaired) electrons. The maximum Gasteiger partial charge on any atom is 0.389 e. The molecule has 2 unspecified atom stereocenters. The minimum Gasteiger partial charge on any atom is -0.310 e. The van der Waals surface area contributed by atoms with Crippen LogP contribution in [0.15, 0.2) is 24.3 Å². The summed E-state index contributed by atoms with van der Waals surface area (Å²) in [5, 5.41) is 3.42. The molecule has 1 aromatic rings. The van der Waals surface area contributed by atoms with E-state index in [1.807, 2.05) is 6.07 Å². The highest BCUT2D eigenvalue weighted by Gasteiger charge is 2.26. The maximum absolute atomic E-state index is 12.1. The van der Waals surface area contributed by atoms with Gasteiger partial charge in [0.25, 0.3) is 0 Å². The van der Waals surface area contributed by atoms with Gasteiger partial charge in [-0.2, -0.15) is 13.2 Å². The molecule has 0 saturated carbocycles. The van der Waals surface area contributed by atoms with E-state index in [4.69, 9.17) is 0 Å². The number of fused-ring (bicyclic) bond motifs is 1. The van der Waals surface area contributed by atoms with Crippen molar-refractivity contribution in [3.63, 3.8) is 0 Å². The van der Waals surface area contributed by atoms with E-state index in [0.29, 0.717) is 24.9 Å². The molecule has 0 heterocycles. The second-order valence-corrected chi connectivity index (χ2v) is 5.69. The monoisotopic (exact) mass is 285 g/mol. The Morgan fingerprint density at radius 3 is 2.50 bits per heavy atom. The zero-order valence-electron chi connectivity index (χ0n) is 11.8. The second kappa shape index (κ2) is 6.61. The largest absolute Gasteiger partial charge is 0.389 e. The first-order chi connectivity index (χ1) is 9.47. The van der Waals surface area contributed by atoms with Crippen LogP contribution in [0.3, 0.4) is 0 Å². The molecule has 0 saturated heterocycles. The van der Waals surface area contributed by atoms with Gasteiger partial charge in [-0.15, -0.1) is 0 Å². The third-order valence-electron chi connectivity index (χ3n) is 4.07. The van der Waals surface area contributed by atoms with Gasteiger partial charge in [0.2, 0.25) is 0 Å². The number of benzene rings is 1. The minimum absolute atomic E-state index is 0.210. The molecule has 0 amide bonds. The number of hydrogen-bond acceptors (Lipinski definition) is 1. The highest BCUT2D eigenvalue weighted by atomic mass is 19.4. The maximum atomic E-state index is 12.1. The summed E-state index contributed by atoms with van der Waals surface area (Å²) in [5.41, 5.74) is 2.70. The van der Waals surface area contributed by atoms with Gasteiger partial charge in [0, 0.05) is 12.5 Å². The summed E-state index contributed by atoms with van der Waals surface area (Å²) in [4.78, 5) is 0. The van der Waals surface area contributed by atoms with E-state index < -0.39 is 12.6 Å². The summed E-state index contributed by atoms with van der Waals surface area (Å²) >= 11 is 0. The first-order valence-corrected chi connectivity index (χ1v) is 7.36. The van der Waals surface area contributed by atoms with Crippen LogP contribution in [0.2, 0.25) is 0 Å². The average molecular weight is 285 g/mol. The molecule has 20 heavy (non-hydrogen) atoms. The normalized spacial score (nSPS) is 22.6. The molecule has 1 aliphatic rings. The van der Waals surface area contributed by atoms with E-state index in [2.05, 4.69) is 30.4 Å². The Hall–Kier alpha value is -1.03. The van der Waals surface area contributed by atoms with Crippen molar-refractivity contribution in [1.82, 2.24) is 5.32 Å². The van der Waals surface area contributed by atoms with Crippen molar-refractivity contribution >= 4 is 0 Å². The van der Waals surface area contributed by atoms with Crippen LogP contribution < -0.4 is 5.32 Å². The fourth-order valence-electron chi connectivity index (χ4n) is 2.94. The third-order valence-corrected chi connectivity index (χ3v) is 4.07. The topological polar surface area (TPSA) is 12.0 Å². The van der Waals surface area contributed by atoms with Crippen LogP contribution in [0.4, 0.5) is 13.2 Å². The molecular formula is C16H22F3N. The van der Waals surface area contributed by atoms with Gasteiger partial charge in [0.05, 0.1) is 0 Å². The molecular weight excluding hydrogens is 263 g/mol. The SMILES string of the molecule is CC1CCC(NCCCCC(F)(F)F)c2ccccc21. The van der Waals surface area contributed by atoms with E-state index in [0.717, 1.165) is 12.8 Å². The lowest BCUT2D eigenvalue weighted by Crippen LogP contribution is -2.27. The lowest BCUT2D eigenvalue weighted by molar-refractivity contribution is -0.135. The fourth-order valence-corrected chi connectivity index (χ4v) is 2.94. The number of alkyl halides is 3. The van der Waals surface area contributed by atoms with Crippen molar-refractivity contribution in [2.24, 2.45) is 0 Å². The van der Waals surface area contributed by atoms with Gasteiger partial charge in [-0.3, -0.25) is 0 Å². The smallest absolute Gasteiger partial charge is 0.310 e. The number of rotatable bonds is 5. The first-order valence-electron chi connectivity index (χ1n) is 7.36. The van der Waals surface area contributed by atoms with Crippen LogP contribution in [0, 0.1) is 0 Å². The van der Waals surface area contributed by atoms with Crippen LogP contribution in [0.1, 0.15) is 62.1 Å². The van der Waals surface area contributed by atoms with Crippen molar-refractivity contribution in [3.05, 3.63) is 35.4 Å². The van der Waals surface area contributed by atoms with Crippen LogP contribution >= 0.6 is 0 Å². The summed E-state index contributed by atoms with van der Waals surface area (Å²) < 4.78 is 36.2. The second-order valence-electron chi connectivity index (χ2n) is 5.69. The summed E-state index contributed by atoms with van der Waals surface area (Å²) in [6.07, 6.45) is -1.70. The zero-order valence-corrected chi connectivity index (χ0v) is 11.8. The Bertz CT molecular complexity index is 428. The summed E-state index contributed by atoms with van der Waals surface area (Å²) in [7, 11) is 0. The summed E-state index contributed by atoms with van der Waals surface area (Å²) in [6, 6.07) is 8.69. The Balaban J connectivity index is 1.81. The highest BCUT2D eigenvalue weighted by molar-refractivity contribution is 5.34. The molecule has 0 aromatic heterocycles. The molecule has 1 aliphatic carbocycles. The first kappa shape index (κ1) is 15.4. The van der Waals surface area contributed by atoms with Crippen LogP contribution in [-0.4, -0.2) is 12.7 Å². The average Bonchev–Trinajstić information content (AvgIpc) is 2.40. The standard InChI is InChI=1S/C16H22F3N/c1-12-8-9-15(14-7-3-2-6-13(12)14)20-11-5-4-10-16(17,18)19/h2-3,6-7,12,15,20H,4-5,8-11H2,1H3. The Labute approximate surface area is 118 Å². The lowest BCUT2D eigenvalue weighted by atomic mass is 9.81. The predicted molar refractivity (Wildman–Crippen MR) is 74.7 cm³/mol. The van der Waals surface area contributed by atoms with E-state index in [-0.39, 0.29) is 6.42 Å². The molecule has 0 spiro atoms. The number of unbranched alkanes of at least 4 members (excludes halogenated alkanes) is 1. The summed E-state index contributed by atoms with van der Waals surface area (Å²) in [5.74, 6) is 0.578. The molecule has 0 aliphatic heterocycles. The van der Waals surface area contributed by atoms with E-state index in [1.165, 1.54) is 11.1 Å². The third kappa shape index (κ3) is 4.23. The van der Waals surface area contributed by atoms with E-state index in [9.17, 15) is 13.2 Å². The molecule has 0 bridgehead atoms. The van der Waals surface area contributed by atoms with Gasteiger partial charge in [0.15, 0.2) is 0 Å². The van der Waals surface area contributed by atoms with Crippen molar-refractivity contribution in [3.8, 4) is 0 Å². The van der Waals surface area contributed by atoms with Crippen molar-refractivity contribution in [2.45, 2.75) is 57.2 Å². The van der Waals surface area contributed by atoms with Crippen LogP contribution in [0.5, 0.6) is 0 Å². The lowest BCUT2D eigenvalue weighted by Gasteiger charge is -2.30. The van der Waals surface area contributed by atoms with Gasteiger partial charge < -0.3 is 5.32 Å². The minimum atomic E-state index is -4.02.